The van der Waals surface area contributed by atoms with E-state index in [1.807, 2.05) is 24.4 Å². The van der Waals surface area contributed by atoms with E-state index in [1.54, 1.807) is 0 Å². The van der Waals surface area contributed by atoms with Gasteiger partial charge in [-0.15, -0.1) is 6.07 Å². The van der Waals surface area contributed by atoms with Crippen molar-refractivity contribution in [3.05, 3.63) is 119 Å². The van der Waals surface area contributed by atoms with Crippen molar-refractivity contribution in [1.82, 2.24) is 4.98 Å². The Balaban J connectivity index is 0.000000400. The first kappa shape index (κ1) is 27.3. The Morgan fingerprint density at radius 2 is 1.86 bits per heavy atom. The molecule has 0 bridgehead atoms. The van der Waals surface area contributed by atoms with Crippen molar-refractivity contribution in [3.63, 3.8) is 0 Å². The van der Waals surface area contributed by atoms with E-state index in [2.05, 4.69) is 90.2 Å². The fourth-order valence-electron chi connectivity index (χ4n) is 4.76. The van der Waals surface area contributed by atoms with Crippen LogP contribution in [-0.2, 0) is 24.9 Å². The standard InChI is InChI=1S/C25H21BN2.C5H8O2.Ir/c1-18-8-7-9-19(2)25(18)26-23-11-4-3-10-20(23)16-22-17-21(13-15-28(22)26)24-12-5-6-14-27-24;1-4(6)3-5(2)7;/h3-12,14-17,23H,1-2H3;3,6H,1-2H3;/b;4-3-;. The van der Waals surface area contributed by atoms with Crippen LogP contribution in [0.15, 0.2) is 96.6 Å². The topological polar surface area (TPSA) is 54.1 Å². The number of carbonyl (C=O) groups is 1. The van der Waals surface area contributed by atoms with Crippen molar-refractivity contribution < 1.29 is 34.5 Å². The van der Waals surface area contributed by atoms with E-state index < -0.39 is 0 Å². The second-order valence-corrected chi connectivity index (χ2v) is 8.94. The Bertz CT molecular complexity index is 1350. The molecule has 3 heterocycles. The molecule has 0 fully saturated rings. The second-order valence-electron chi connectivity index (χ2n) is 8.94. The molecule has 6 heteroatoms. The summed E-state index contributed by atoms with van der Waals surface area (Å²) in [5.74, 6) is 0.268. The number of benzene rings is 1. The van der Waals surface area contributed by atoms with Gasteiger partial charge in [0.25, 0.3) is 0 Å². The van der Waals surface area contributed by atoms with E-state index in [9.17, 15) is 4.79 Å². The third-order valence-corrected chi connectivity index (χ3v) is 6.20. The largest absolute Gasteiger partial charge is 0.534 e. The van der Waals surface area contributed by atoms with E-state index >= 15 is 0 Å². The van der Waals surface area contributed by atoms with Gasteiger partial charge in [0.05, 0.1) is 17.8 Å². The van der Waals surface area contributed by atoms with Crippen LogP contribution >= 0.6 is 0 Å². The number of allylic oxidation sites excluding steroid dienone is 7. The number of aryl methyl sites for hydroxylation is 2. The van der Waals surface area contributed by atoms with Crippen LogP contribution in [0.25, 0.3) is 17.3 Å². The maximum Gasteiger partial charge on any atom is 0.534 e. The van der Waals surface area contributed by atoms with Gasteiger partial charge in [0.15, 0.2) is 5.78 Å². The Labute approximate surface area is 227 Å². The molecule has 1 aromatic carbocycles. The summed E-state index contributed by atoms with van der Waals surface area (Å²) >= 11 is 0. The summed E-state index contributed by atoms with van der Waals surface area (Å²) in [4.78, 5) is 14.5. The quantitative estimate of drug-likeness (QED) is 0.185. The van der Waals surface area contributed by atoms with Gasteiger partial charge in [-0.3, -0.25) is 4.79 Å². The summed E-state index contributed by atoms with van der Waals surface area (Å²) in [6.45, 7) is 7.51. The molecule has 5 rings (SSSR count). The third-order valence-electron chi connectivity index (χ3n) is 6.20. The summed E-state index contributed by atoms with van der Waals surface area (Å²) < 4.78 is 2.37. The van der Waals surface area contributed by atoms with Gasteiger partial charge in [-0.1, -0.05) is 60.7 Å². The Hall–Kier alpha value is -3.34. The first-order chi connectivity index (χ1) is 16.8. The number of hydrogen-bond acceptors (Lipinski definition) is 3. The van der Waals surface area contributed by atoms with Crippen LogP contribution < -0.4 is 9.94 Å². The van der Waals surface area contributed by atoms with Crippen molar-refractivity contribution in [1.29, 1.82) is 0 Å². The molecule has 0 saturated heterocycles. The van der Waals surface area contributed by atoms with Crippen LogP contribution in [0.2, 0.25) is 5.82 Å². The number of aliphatic hydroxyl groups excluding tert-OH is 1. The van der Waals surface area contributed by atoms with Gasteiger partial charge in [0, 0.05) is 37.8 Å². The van der Waals surface area contributed by atoms with Crippen LogP contribution in [0.5, 0.6) is 0 Å². The molecule has 1 N–H and O–H groups in total. The number of nitrogens with zero attached hydrogens (tertiary/aromatic N) is 2. The number of rotatable bonds is 3. The molecule has 2 aromatic heterocycles. The van der Waals surface area contributed by atoms with Gasteiger partial charge >= 0.3 is 6.85 Å². The molecule has 1 unspecified atom stereocenters. The average Bonchev–Trinajstić information content (AvgIpc) is 2.83. The third kappa shape index (κ3) is 6.07. The van der Waals surface area contributed by atoms with Crippen LogP contribution in [0.1, 0.15) is 30.7 Å². The molecule has 1 atom stereocenters. The Kier molecular flexibility index (Phi) is 9.14. The molecule has 0 spiro atoms. The molecule has 183 valence electrons. The van der Waals surface area contributed by atoms with Gasteiger partial charge in [0.2, 0.25) is 0 Å². The SMILES string of the molecule is CC(=O)/C=C(/C)O.Cc1cccc(C)c1B1C2C=CC=CC2=Cc2cc(-c3ccccn3)[c-]c[n+]21.[Ir]. The summed E-state index contributed by atoms with van der Waals surface area (Å²) in [6, 6.07) is 18.3. The summed E-state index contributed by atoms with van der Waals surface area (Å²) in [7, 11) is 0. The van der Waals surface area contributed by atoms with Gasteiger partial charge in [0.1, 0.15) is 5.69 Å². The molecule has 3 aromatic rings. The predicted molar refractivity (Wildman–Crippen MR) is 142 cm³/mol. The maximum absolute atomic E-state index is 10.0. The van der Waals surface area contributed by atoms with Crippen LogP contribution in [-0.4, -0.2) is 22.7 Å². The van der Waals surface area contributed by atoms with Crippen molar-refractivity contribution in [2.75, 3.05) is 0 Å². The molecule has 4 nitrogen and oxygen atoms in total. The van der Waals surface area contributed by atoms with Gasteiger partial charge in [-0.2, -0.15) is 5.56 Å². The smallest absolute Gasteiger partial charge is 0.512 e. The molecular weight excluding hydrogens is 623 g/mol. The van der Waals surface area contributed by atoms with E-state index in [1.165, 1.54) is 47.8 Å². The maximum atomic E-state index is 10.0. The number of ketones is 1. The molecule has 36 heavy (non-hydrogen) atoms. The molecule has 2 aliphatic rings. The normalized spacial score (nSPS) is 15.6. The Morgan fingerprint density at radius 3 is 2.47 bits per heavy atom. The van der Waals surface area contributed by atoms with E-state index in [4.69, 9.17) is 5.11 Å². The van der Waals surface area contributed by atoms with Gasteiger partial charge < -0.3 is 14.6 Å². The van der Waals surface area contributed by atoms with Crippen LogP contribution in [0.3, 0.4) is 0 Å². The van der Waals surface area contributed by atoms with E-state index in [-0.39, 0.29) is 38.5 Å². The number of aliphatic hydroxyl groups is 1. The minimum absolute atomic E-state index is 0. The van der Waals surface area contributed by atoms with Crippen molar-refractivity contribution in [3.8, 4) is 11.3 Å². The number of hydrogen-bond donors (Lipinski definition) is 1. The predicted octanol–water partition coefficient (Wildman–Crippen LogP) is 5.13. The zero-order chi connectivity index (χ0) is 24.9. The number of fused-ring (bicyclic) bond motifs is 2. The second kappa shape index (κ2) is 12.1. The number of pyridine rings is 2. The zero-order valence-corrected chi connectivity index (χ0v) is 23.3. The molecule has 1 aliphatic carbocycles. The van der Waals surface area contributed by atoms with Crippen molar-refractivity contribution in [2.24, 2.45) is 0 Å². The summed E-state index contributed by atoms with van der Waals surface area (Å²) in [5.41, 5.74) is 8.60. The van der Waals surface area contributed by atoms with Gasteiger partial charge in [-0.25, -0.2) is 0 Å². The molecule has 1 aliphatic heterocycles. The minimum atomic E-state index is -0.125. The molecule has 0 amide bonds. The van der Waals surface area contributed by atoms with Crippen LogP contribution in [0.4, 0.5) is 0 Å². The Morgan fingerprint density at radius 1 is 1.11 bits per heavy atom. The number of carbonyl (C=O) groups excluding carboxylic acids is 1. The fourth-order valence-corrected chi connectivity index (χ4v) is 4.76. The first-order valence-electron chi connectivity index (χ1n) is 11.7. The minimum Gasteiger partial charge on any atom is -0.512 e. The zero-order valence-electron chi connectivity index (χ0n) is 20.9. The molecule has 0 saturated carbocycles. The van der Waals surface area contributed by atoms with E-state index in [0.717, 1.165) is 11.3 Å². The molecule has 1 radical (unpaired) electrons. The van der Waals surface area contributed by atoms with E-state index in [0.29, 0.717) is 5.82 Å². The molecular formula is C30H29BIrN2O2. The van der Waals surface area contributed by atoms with Crippen LogP contribution in [0, 0.1) is 19.9 Å². The van der Waals surface area contributed by atoms with Crippen molar-refractivity contribution >= 4 is 24.2 Å². The monoisotopic (exact) mass is 653 g/mol. The summed E-state index contributed by atoms with van der Waals surface area (Å²) in [5, 5.41) is 8.36. The average molecular weight is 653 g/mol. The number of aromatic nitrogens is 2. The fraction of sp³-hybridized carbons (Fsp3) is 0.167. The van der Waals surface area contributed by atoms with Crippen molar-refractivity contribution in [2.45, 2.75) is 33.5 Å². The summed E-state index contributed by atoms with van der Waals surface area (Å²) in [6.07, 6.45) is 16.3. The first-order valence-corrected chi connectivity index (χ1v) is 11.7. The van der Waals surface area contributed by atoms with Gasteiger partial charge in [-0.05, 0) is 62.2 Å².